The molecule has 0 aromatic carbocycles. The average Bonchev–Trinajstić information content (AvgIpc) is 3.03. The van der Waals surface area contributed by atoms with E-state index in [0.29, 0.717) is 37.3 Å². The Morgan fingerprint density at radius 2 is 2.43 bits per heavy atom. The van der Waals surface area contributed by atoms with Gasteiger partial charge < -0.3 is 24.7 Å². The first-order chi connectivity index (χ1) is 11.1. The summed E-state index contributed by atoms with van der Waals surface area (Å²) in [6.45, 7) is 10.7. The van der Waals surface area contributed by atoms with E-state index in [0.717, 1.165) is 12.2 Å². The first kappa shape index (κ1) is 15.3. The van der Waals surface area contributed by atoms with E-state index in [1.165, 1.54) is 6.33 Å². The van der Waals surface area contributed by atoms with Gasteiger partial charge in [0.1, 0.15) is 6.33 Å². The molecular weight excluding hydrogens is 296 g/mol. The van der Waals surface area contributed by atoms with E-state index in [2.05, 4.69) is 32.0 Å². The molecule has 0 radical (unpaired) electrons. The SMILES string of the molecule is [C-]#[N+]CC(=O)N1CCC(C)C(N(C)c2ncnc3c2OCN3)C1. The summed E-state index contributed by atoms with van der Waals surface area (Å²) in [6.07, 6.45) is 2.42. The molecule has 1 aromatic rings. The van der Waals surface area contributed by atoms with E-state index in [-0.39, 0.29) is 18.5 Å². The van der Waals surface area contributed by atoms with Crippen LogP contribution in [-0.4, -0.2) is 60.2 Å². The van der Waals surface area contributed by atoms with Crippen LogP contribution in [0.5, 0.6) is 5.75 Å². The van der Waals surface area contributed by atoms with Gasteiger partial charge >= 0.3 is 5.91 Å². The van der Waals surface area contributed by atoms with E-state index in [1.807, 2.05) is 7.05 Å². The van der Waals surface area contributed by atoms with Crippen LogP contribution in [0.3, 0.4) is 0 Å². The molecule has 23 heavy (non-hydrogen) atoms. The first-order valence-electron chi connectivity index (χ1n) is 7.67. The van der Waals surface area contributed by atoms with Crippen LogP contribution in [0.25, 0.3) is 4.85 Å². The molecule has 3 heterocycles. The Kier molecular flexibility index (Phi) is 4.19. The molecule has 8 nitrogen and oxygen atoms in total. The van der Waals surface area contributed by atoms with Crippen LogP contribution >= 0.6 is 0 Å². The molecule has 2 unspecified atom stereocenters. The number of piperidine rings is 1. The van der Waals surface area contributed by atoms with Crippen molar-refractivity contribution in [3.63, 3.8) is 0 Å². The number of carbonyl (C=O) groups is 1. The number of anilines is 2. The van der Waals surface area contributed by atoms with Crippen molar-refractivity contribution in [2.75, 3.05) is 43.6 Å². The van der Waals surface area contributed by atoms with Gasteiger partial charge in [-0.2, -0.15) is 0 Å². The highest BCUT2D eigenvalue weighted by atomic mass is 16.5. The number of ether oxygens (including phenoxy) is 1. The molecule has 1 saturated heterocycles. The summed E-state index contributed by atoms with van der Waals surface area (Å²) in [6, 6.07) is 0.127. The fourth-order valence-electron chi connectivity index (χ4n) is 3.16. The molecule has 1 fully saturated rings. The van der Waals surface area contributed by atoms with E-state index in [4.69, 9.17) is 11.3 Å². The molecule has 122 valence electrons. The Morgan fingerprint density at radius 3 is 3.22 bits per heavy atom. The van der Waals surface area contributed by atoms with E-state index in [1.54, 1.807) is 4.90 Å². The lowest BCUT2D eigenvalue weighted by Crippen LogP contribution is -2.53. The molecule has 3 rings (SSSR count). The van der Waals surface area contributed by atoms with Crippen molar-refractivity contribution in [1.82, 2.24) is 14.9 Å². The summed E-state index contributed by atoms with van der Waals surface area (Å²) in [5.74, 6) is 2.41. The van der Waals surface area contributed by atoms with Gasteiger partial charge in [-0.3, -0.25) is 4.79 Å². The van der Waals surface area contributed by atoms with Crippen LogP contribution in [0.4, 0.5) is 11.6 Å². The molecule has 8 heteroatoms. The van der Waals surface area contributed by atoms with Crippen molar-refractivity contribution in [1.29, 1.82) is 0 Å². The van der Waals surface area contributed by atoms with Gasteiger partial charge in [-0.25, -0.2) is 16.5 Å². The lowest BCUT2D eigenvalue weighted by molar-refractivity contribution is -0.130. The maximum absolute atomic E-state index is 12.0. The smallest absolute Gasteiger partial charge is 0.302 e. The number of hydrogen-bond acceptors (Lipinski definition) is 6. The van der Waals surface area contributed by atoms with Gasteiger partial charge in [0.25, 0.3) is 6.54 Å². The molecular formula is C15H20N6O2. The quantitative estimate of drug-likeness (QED) is 0.833. The third-order valence-corrected chi connectivity index (χ3v) is 4.56. The van der Waals surface area contributed by atoms with Gasteiger partial charge in [0, 0.05) is 20.1 Å². The summed E-state index contributed by atoms with van der Waals surface area (Å²) in [5, 5.41) is 3.06. The number of carbonyl (C=O) groups excluding carboxylic acids is 1. The first-order valence-corrected chi connectivity index (χ1v) is 7.67. The Balaban J connectivity index is 1.80. The van der Waals surface area contributed by atoms with Gasteiger partial charge in [0.05, 0.1) is 6.04 Å². The second-order valence-electron chi connectivity index (χ2n) is 5.94. The average molecular weight is 316 g/mol. The number of fused-ring (bicyclic) bond motifs is 1. The van der Waals surface area contributed by atoms with Gasteiger partial charge in [0.15, 0.2) is 18.4 Å². The lowest BCUT2D eigenvalue weighted by Gasteiger charge is -2.41. The number of likely N-dealkylation sites (N-methyl/N-ethyl adjacent to an activating group) is 1. The number of amides is 1. The van der Waals surface area contributed by atoms with Gasteiger partial charge in [-0.15, -0.1) is 0 Å². The predicted octanol–water partition coefficient (Wildman–Crippen LogP) is 0.831. The highest BCUT2D eigenvalue weighted by Crippen LogP contribution is 2.37. The number of hydrogen-bond donors (Lipinski definition) is 1. The fourth-order valence-corrected chi connectivity index (χ4v) is 3.16. The van der Waals surface area contributed by atoms with Crippen molar-refractivity contribution < 1.29 is 9.53 Å². The zero-order chi connectivity index (χ0) is 16.4. The monoisotopic (exact) mass is 316 g/mol. The molecule has 1 aromatic heterocycles. The van der Waals surface area contributed by atoms with Crippen molar-refractivity contribution in [3.05, 3.63) is 17.7 Å². The Morgan fingerprint density at radius 1 is 1.61 bits per heavy atom. The van der Waals surface area contributed by atoms with E-state index >= 15 is 0 Å². The summed E-state index contributed by atoms with van der Waals surface area (Å²) < 4.78 is 5.59. The summed E-state index contributed by atoms with van der Waals surface area (Å²) in [4.78, 5) is 27.6. The number of nitrogens with zero attached hydrogens (tertiary/aromatic N) is 5. The zero-order valence-electron chi connectivity index (χ0n) is 13.3. The molecule has 2 aliphatic heterocycles. The van der Waals surface area contributed by atoms with Crippen molar-refractivity contribution >= 4 is 17.5 Å². The molecule has 2 atom stereocenters. The minimum absolute atomic E-state index is 0.0826. The van der Waals surface area contributed by atoms with Crippen LogP contribution in [0.2, 0.25) is 0 Å². The maximum atomic E-state index is 12.0. The van der Waals surface area contributed by atoms with Crippen LogP contribution in [-0.2, 0) is 4.79 Å². The van der Waals surface area contributed by atoms with Crippen molar-refractivity contribution in [3.8, 4) is 5.75 Å². The minimum Gasteiger partial charge on any atom is -0.465 e. The Labute approximate surface area is 135 Å². The number of rotatable bonds is 3. The van der Waals surface area contributed by atoms with E-state index in [9.17, 15) is 4.79 Å². The third kappa shape index (κ3) is 2.86. The normalized spacial score (nSPS) is 22.6. The Hall–Kier alpha value is -2.56. The van der Waals surface area contributed by atoms with Gasteiger partial charge in [0.2, 0.25) is 5.75 Å². The highest BCUT2D eigenvalue weighted by Gasteiger charge is 2.34. The molecule has 1 amide bonds. The van der Waals surface area contributed by atoms with Gasteiger partial charge in [-0.05, 0) is 12.3 Å². The van der Waals surface area contributed by atoms with E-state index < -0.39 is 0 Å². The zero-order valence-corrected chi connectivity index (χ0v) is 13.3. The topological polar surface area (TPSA) is 75.0 Å². The van der Waals surface area contributed by atoms with Crippen LogP contribution in [0.1, 0.15) is 13.3 Å². The summed E-state index contributed by atoms with van der Waals surface area (Å²) in [5.41, 5.74) is 0. The van der Waals surface area contributed by atoms with Gasteiger partial charge in [-0.1, -0.05) is 6.92 Å². The third-order valence-electron chi connectivity index (χ3n) is 4.56. The summed E-state index contributed by atoms with van der Waals surface area (Å²) in [7, 11) is 1.97. The molecule has 0 spiro atoms. The van der Waals surface area contributed by atoms with Crippen LogP contribution < -0.4 is 15.0 Å². The Bertz CT molecular complexity index is 643. The highest BCUT2D eigenvalue weighted by molar-refractivity contribution is 5.80. The number of nitrogens with one attached hydrogen (secondary N) is 1. The second-order valence-corrected chi connectivity index (χ2v) is 5.94. The van der Waals surface area contributed by atoms with Crippen molar-refractivity contribution in [2.45, 2.75) is 19.4 Å². The molecule has 0 aliphatic carbocycles. The van der Waals surface area contributed by atoms with Crippen LogP contribution in [0, 0.1) is 12.5 Å². The number of aromatic nitrogens is 2. The van der Waals surface area contributed by atoms with Crippen LogP contribution in [0.15, 0.2) is 6.33 Å². The number of likely N-dealkylation sites (tertiary alicyclic amines) is 1. The summed E-state index contributed by atoms with van der Waals surface area (Å²) >= 11 is 0. The maximum Gasteiger partial charge on any atom is 0.302 e. The molecule has 0 bridgehead atoms. The predicted molar refractivity (Wildman–Crippen MR) is 85.2 cm³/mol. The molecule has 2 aliphatic rings. The minimum atomic E-state index is -0.101. The van der Waals surface area contributed by atoms with Crippen molar-refractivity contribution in [2.24, 2.45) is 5.92 Å². The second kappa shape index (κ2) is 6.28. The fraction of sp³-hybridized carbons (Fsp3) is 0.600. The lowest BCUT2D eigenvalue weighted by atomic mass is 9.92. The molecule has 1 N–H and O–H groups in total. The molecule has 0 saturated carbocycles. The largest absolute Gasteiger partial charge is 0.465 e. The standard InChI is InChI=1S/C15H20N6O2/c1-10-4-5-21(12(22)6-16-2)7-11(10)20(3)15-13-14(17-8-18-15)19-9-23-13/h8,10-11H,4-7,9H2,1,3H3,(H,17,18,19).